The van der Waals surface area contributed by atoms with Crippen LogP contribution in [0.2, 0.25) is 13.6 Å². The predicted octanol–water partition coefficient (Wildman–Crippen LogP) is 1.48. The van der Waals surface area contributed by atoms with Crippen molar-refractivity contribution in [3.05, 3.63) is 0 Å². The highest BCUT2D eigenvalue weighted by Gasteiger charge is 1.96. The van der Waals surface area contributed by atoms with Crippen LogP contribution >= 0.6 is 24.1 Å². The minimum atomic E-state index is 0.529. The van der Waals surface area contributed by atoms with Gasteiger partial charge in [-0.05, 0) is 5.65 Å². The van der Waals surface area contributed by atoms with Crippen molar-refractivity contribution >= 4 is 36.6 Å². The molecule has 0 rings (SSSR count). The normalized spacial score (nSPS) is 8.43. The van der Waals surface area contributed by atoms with Gasteiger partial charge in [0.25, 0.3) is 0 Å². The summed E-state index contributed by atoms with van der Waals surface area (Å²) in [5, 5.41) is 0. The van der Waals surface area contributed by atoms with Crippen LogP contribution in [0.1, 0.15) is 0 Å². The summed E-state index contributed by atoms with van der Waals surface area (Å²) in [6, 6.07) is 0. The first-order chi connectivity index (χ1) is 3.27. The Morgan fingerprint density at radius 3 is 2.57 bits per heavy atom. The lowest BCUT2D eigenvalue weighted by atomic mass is 9.84. The van der Waals surface area contributed by atoms with Gasteiger partial charge in [0.15, 0.2) is 6.56 Å². The van der Waals surface area contributed by atoms with Crippen LogP contribution in [0.15, 0.2) is 0 Å². The fourth-order valence-electron chi connectivity index (χ4n) is 0.235. The second-order valence-electron chi connectivity index (χ2n) is 1.42. The molecule has 1 radical (unpaired) electrons. The summed E-state index contributed by atoms with van der Waals surface area (Å²) in [5.74, 6) is 0.529. The van der Waals surface area contributed by atoms with Crippen LogP contribution in [0.3, 0.4) is 0 Å². The van der Waals surface area contributed by atoms with E-state index in [0.29, 0.717) is 5.99 Å². The molecule has 0 saturated heterocycles. The Kier molecular flexibility index (Phi) is 5.57. The summed E-state index contributed by atoms with van der Waals surface area (Å²) in [4.78, 5) is 0. The Balaban J connectivity index is 2.68. The van der Waals surface area contributed by atoms with Crippen molar-refractivity contribution in [1.29, 1.82) is 0 Å². The number of hydrogen-bond acceptors (Lipinski definition) is 2. The monoisotopic (exact) mass is 131 g/mol. The summed E-state index contributed by atoms with van der Waals surface area (Å²) in [6.45, 7) is 6.23. The van der Waals surface area contributed by atoms with Gasteiger partial charge in [0.1, 0.15) is 0 Å². The molecule has 0 nitrogen and oxygen atoms in total. The Morgan fingerprint density at radius 2 is 2.43 bits per heavy atom. The summed E-state index contributed by atoms with van der Waals surface area (Å²) in [7, 11) is 0. The molecule has 0 N–H and O–H groups in total. The maximum atomic E-state index is 4.19. The van der Waals surface area contributed by atoms with Gasteiger partial charge in [-0.15, -0.1) is 0 Å². The molecule has 0 aromatic rings. The highest BCUT2D eigenvalue weighted by Crippen LogP contribution is 2.00. The van der Waals surface area contributed by atoms with E-state index in [0.717, 1.165) is 5.65 Å². The topological polar surface area (TPSA) is 0 Å². The Morgan fingerprint density at radius 1 is 1.86 bits per heavy atom. The minimum Gasteiger partial charge on any atom is -0.226 e. The van der Waals surface area contributed by atoms with Crippen LogP contribution in [0, 0.1) is 0 Å². The third-order valence-electron chi connectivity index (χ3n) is 0.504. The molecule has 0 bridgehead atoms. The van der Waals surface area contributed by atoms with E-state index in [2.05, 4.69) is 25.9 Å². The zero-order valence-corrected chi connectivity index (χ0v) is 6.43. The lowest BCUT2D eigenvalue weighted by Gasteiger charge is -1.93. The van der Waals surface area contributed by atoms with Crippen LogP contribution in [0.4, 0.5) is 0 Å². The smallest absolute Gasteiger partial charge is 0.211 e. The fourth-order valence-corrected chi connectivity index (χ4v) is 0.965. The third kappa shape index (κ3) is 6.83. The van der Waals surface area contributed by atoms with Gasteiger partial charge in [-0.25, -0.2) is 24.1 Å². The van der Waals surface area contributed by atoms with E-state index < -0.39 is 0 Å². The SMILES string of the molecule is C[B]SCB(C)S. The second-order valence-corrected chi connectivity index (χ2v) is 3.44. The molecular weight excluding hydrogens is 122 g/mol. The summed E-state index contributed by atoms with van der Waals surface area (Å²) in [6.07, 6.45) is 0. The van der Waals surface area contributed by atoms with E-state index in [4.69, 9.17) is 0 Å². The lowest BCUT2D eigenvalue weighted by molar-refractivity contribution is 2.05. The van der Waals surface area contributed by atoms with Crippen molar-refractivity contribution in [2.45, 2.75) is 13.6 Å². The van der Waals surface area contributed by atoms with Crippen LogP contribution < -0.4 is 0 Å². The summed E-state index contributed by atoms with van der Waals surface area (Å²) in [5.41, 5.74) is 1.12. The highest BCUT2D eigenvalue weighted by molar-refractivity contribution is 8.26. The van der Waals surface area contributed by atoms with Gasteiger partial charge in [0.05, 0.1) is 0 Å². The van der Waals surface area contributed by atoms with Crippen LogP contribution in [-0.4, -0.2) is 18.2 Å². The molecule has 0 saturated carbocycles. The van der Waals surface area contributed by atoms with E-state index in [1.165, 1.54) is 0 Å². The van der Waals surface area contributed by atoms with Crippen molar-refractivity contribution in [2.75, 3.05) is 5.65 Å². The molecular formula is C3H9B2S2. The molecule has 0 heterocycles. The standard InChI is InChI=1S/C3H9B2S2/c1-4-7-3-5(2)6/h6H,3H2,1-2H3. The zero-order valence-electron chi connectivity index (χ0n) is 4.72. The molecule has 4 heteroatoms. The Hall–Kier alpha value is 0.830. The Labute approximate surface area is 56.4 Å². The number of rotatable bonds is 3. The molecule has 7 heavy (non-hydrogen) atoms. The molecule has 0 atom stereocenters. The molecule has 0 amide bonds. The van der Waals surface area contributed by atoms with E-state index in [-0.39, 0.29) is 0 Å². The highest BCUT2D eigenvalue weighted by atomic mass is 32.2. The molecule has 0 fully saturated rings. The van der Waals surface area contributed by atoms with Gasteiger partial charge in [-0.3, -0.25) is 0 Å². The molecule has 0 aliphatic heterocycles. The maximum absolute atomic E-state index is 4.19. The van der Waals surface area contributed by atoms with Crippen molar-refractivity contribution < 1.29 is 0 Å². The summed E-state index contributed by atoms with van der Waals surface area (Å²) < 4.78 is 0. The van der Waals surface area contributed by atoms with Gasteiger partial charge >= 0.3 is 0 Å². The van der Waals surface area contributed by atoms with Gasteiger partial charge in [-0.1, -0.05) is 13.6 Å². The summed E-state index contributed by atoms with van der Waals surface area (Å²) >= 11 is 6.01. The molecule has 0 unspecified atom stereocenters. The fraction of sp³-hybridized carbons (Fsp3) is 1.00. The second kappa shape index (κ2) is 4.98. The van der Waals surface area contributed by atoms with E-state index in [1.54, 1.807) is 0 Å². The molecule has 0 aromatic heterocycles. The first kappa shape index (κ1) is 7.83. The van der Waals surface area contributed by atoms with Crippen LogP contribution in [0.25, 0.3) is 0 Å². The van der Waals surface area contributed by atoms with Gasteiger partial charge in [0, 0.05) is 0 Å². The van der Waals surface area contributed by atoms with Gasteiger partial charge in [0.2, 0.25) is 5.99 Å². The van der Waals surface area contributed by atoms with Crippen LogP contribution in [-0.2, 0) is 0 Å². The molecule has 39 valence electrons. The van der Waals surface area contributed by atoms with Gasteiger partial charge < -0.3 is 0 Å². The molecule has 0 aliphatic rings. The van der Waals surface area contributed by atoms with Crippen molar-refractivity contribution in [3.8, 4) is 0 Å². The Bertz CT molecular complexity index is 39.9. The molecule has 0 spiro atoms. The minimum absolute atomic E-state index is 0.529. The average Bonchev–Trinajstić information content (AvgIpc) is 1.61. The van der Waals surface area contributed by atoms with Crippen molar-refractivity contribution in [1.82, 2.24) is 0 Å². The first-order valence-corrected chi connectivity index (χ1v) is 3.91. The predicted molar refractivity (Wildman–Crippen MR) is 44.7 cm³/mol. The maximum Gasteiger partial charge on any atom is 0.211 e. The first-order valence-electron chi connectivity index (χ1n) is 2.35. The zero-order chi connectivity index (χ0) is 5.70. The lowest BCUT2D eigenvalue weighted by Crippen LogP contribution is -2.01. The van der Waals surface area contributed by atoms with Crippen molar-refractivity contribution in [2.24, 2.45) is 0 Å². The van der Waals surface area contributed by atoms with Gasteiger partial charge in [-0.2, -0.15) is 0 Å². The van der Waals surface area contributed by atoms with E-state index in [9.17, 15) is 0 Å². The quantitative estimate of drug-likeness (QED) is 0.446. The molecule has 0 aliphatic carbocycles. The molecule has 0 aromatic carbocycles. The number of thiol groups is 1. The number of hydrogen-bond donors (Lipinski definition) is 1. The van der Waals surface area contributed by atoms with Crippen molar-refractivity contribution in [3.63, 3.8) is 0 Å². The largest absolute Gasteiger partial charge is 0.226 e. The van der Waals surface area contributed by atoms with E-state index in [1.807, 2.05) is 18.4 Å². The van der Waals surface area contributed by atoms with E-state index >= 15 is 0 Å². The third-order valence-corrected chi connectivity index (χ3v) is 1.96. The average molecular weight is 131 g/mol. The van der Waals surface area contributed by atoms with Crippen LogP contribution in [0.5, 0.6) is 0 Å².